The van der Waals surface area contributed by atoms with Crippen molar-refractivity contribution in [3.8, 4) is 22.9 Å². The Morgan fingerprint density at radius 3 is 2.57 bits per heavy atom. The summed E-state index contributed by atoms with van der Waals surface area (Å²) in [5.74, 6) is 1.86. The number of nitrogens with zero attached hydrogens (tertiary/aromatic N) is 3. The van der Waals surface area contributed by atoms with Gasteiger partial charge in [-0.1, -0.05) is 12.1 Å². The van der Waals surface area contributed by atoms with Gasteiger partial charge in [-0.15, -0.1) is 5.10 Å². The maximum atomic E-state index is 12.5. The van der Waals surface area contributed by atoms with Gasteiger partial charge in [-0.2, -0.15) is 0 Å². The molecule has 1 heterocycles. The molecule has 2 N–H and O–H groups in total. The lowest BCUT2D eigenvalue weighted by Crippen LogP contribution is -2.34. The van der Waals surface area contributed by atoms with E-state index in [0.29, 0.717) is 23.9 Å². The van der Waals surface area contributed by atoms with Crippen LogP contribution < -0.4 is 25.8 Å². The SMILES string of the molecule is CCOc1ccccc1NC(=O)NCCn1nc(-c2ccc(OC)cc2)n(C)c1=O. The number of methoxy groups -OCH3 is 1. The first kappa shape index (κ1) is 21.0. The van der Waals surface area contributed by atoms with Crippen LogP contribution >= 0.6 is 0 Å². The first-order chi connectivity index (χ1) is 14.5. The van der Waals surface area contributed by atoms with E-state index in [-0.39, 0.29) is 24.8 Å². The first-order valence-electron chi connectivity index (χ1n) is 9.58. The van der Waals surface area contributed by atoms with E-state index in [1.165, 1.54) is 9.25 Å². The predicted molar refractivity (Wildman–Crippen MR) is 114 cm³/mol. The Hall–Kier alpha value is -3.75. The van der Waals surface area contributed by atoms with Crippen molar-refractivity contribution in [1.29, 1.82) is 0 Å². The third-order valence-electron chi connectivity index (χ3n) is 4.43. The van der Waals surface area contributed by atoms with Crippen molar-refractivity contribution in [3.63, 3.8) is 0 Å². The summed E-state index contributed by atoms with van der Waals surface area (Å²) >= 11 is 0. The summed E-state index contributed by atoms with van der Waals surface area (Å²) in [5.41, 5.74) is 1.12. The summed E-state index contributed by atoms with van der Waals surface area (Å²) in [4.78, 5) is 24.7. The van der Waals surface area contributed by atoms with Crippen LogP contribution in [0.1, 0.15) is 6.92 Å². The van der Waals surface area contributed by atoms with Crippen LogP contribution in [0.3, 0.4) is 0 Å². The largest absolute Gasteiger partial charge is 0.497 e. The summed E-state index contributed by atoms with van der Waals surface area (Å²) in [7, 11) is 3.26. The fourth-order valence-corrected chi connectivity index (χ4v) is 2.92. The molecule has 1 aromatic heterocycles. The van der Waals surface area contributed by atoms with Gasteiger partial charge in [0.15, 0.2) is 5.82 Å². The second-order valence-corrected chi connectivity index (χ2v) is 6.43. The van der Waals surface area contributed by atoms with Gasteiger partial charge in [0, 0.05) is 19.2 Å². The topological polar surface area (TPSA) is 99.4 Å². The van der Waals surface area contributed by atoms with Gasteiger partial charge in [-0.25, -0.2) is 14.3 Å². The number of carbonyl (C=O) groups excluding carboxylic acids is 1. The molecule has 0 saturated carbocycles. The molecular formula is C21H25N5O4. The second kappa shape index (κ2) is 9.64. The number of aromatic nitrogens is 3. The monoisotopic (exact) mass is 411 g/mol. The van der Waals surface area contributed by atoms with E-state index in [9.17, 15) is 9.59 Å². The van der Waals surface area contributed by atoms with Gasteiger partial charge in [-0.05, 0) is 43.3 Å². The summed E-state index contributed by atoms with van der Waals surface area (Å²) in [6.45, 7) is 2.85. The summed E-state index contributed by atoms with van der Waals surface area (Å²) in [5, 5.41) is 9.87. The Balaban J connectivity index is 1.61. The van der Waals surface area contributed by atoms with Crippen molar-refractivity contribution in [2.75, 3.05) is 25.6 Å². The lowest BCUT2D eigenvalue weighted by atomic mass is 10.2. The third-order valence-corrected chi connectivity index (χ3v) is 4.43. The van der Waals surface area contributed by atoms with E-state index in [1.807, 2.05) is 43.3 Å². The van der Waals surface area contributed by atoms with Crippen molar-refractivity contribution in [1.82, 2.24) is 19.7 Å². The van der Waals surface area contributed by atoms with Gasteiger partial charge in [0.25, 0.3) is 0 Å². The minimum absolute atomic E-state index is 0.238. The molecule has 0 saturated heterocycles. The highest BCUT2D eigenvalue weighted by Gasteiger charge is 2.13. The normalized spacial score (nSPS) is 10.5. The quantitative estimate of drug-likeness (QED) is 0.593. The number of benzene rings is 2. The van der Waals surface area contributed by atoms with Crippen LogP contribution in [0.25, 0.3) is 11.4 Å². The Labute approximate surface area is 174 Å². The Bertz CT molecular complexity index is 1060. The fourth-order valence-electron chi connectivity index (χ4n) is 2.92. The number of amides is 2. The molecule has 0 aliphatic carbocycles. The summed E-state index contributed by atoms with van der Waals surface area (Å²) in [6, 6.07) is 14.1. The van der Waals surface area contributed by atoms with Gasteiger partial charge in [0.1, 0.15) is 11.5 Å². The lowest BCUT2D eigenvalue weighted by molar-refractivity contribution is 0.251. The first-order valence-corrected chi connectivity index (χ1v) is 9.58. The van der Waals surface area contributed by atoms with Crippen molar-refractivity contribution < 1.29 is 14.3 Å². The fraction of sp³-hybridized carbons (Fsp3) is 0.286. The zero-order chi connectivity index (χ0) is 21.5. The van der Waals surface area contributed by atoms with E-state index in [2.05, 4.69) is 15.7 Å². The van der Waals surface area contributed by atoms with Crippen LogP contribution in [0.4, 0.5) is 10.5 Å². The standard InChI is InChI=1S/C21H25N5O4/c1-4-30-18-8-6-5-7-17(18)23-20(27)22-13-14-26-21(28)25(2)19(24-26)15-9-11-16(29-3)12-10-15/h5-12H,4,13-14H2,1-3H3,(H2,22,23,27). The van der Waals surface area contributed by atoms with E-state index in [4.69, 9.17) is 9.47 Å². The second-order valence-electron chi connectivity index (χ2n) is 6.43. The molecule has 30 heavy (non-hydrogen) atoms. The van der Waals surface area contributed by atoms with Crippen LogP contribution in [0, 0.1) is 0 Å². The Kier molecular flexibility index (Phi) is 6.74. The minimum Gasteiger partial charge on any atom is -0.497 e. The highest BCUT2D eigenvalue weighted by molar-refractivity contribution is 5.90. The molecule has 0 atom stereocenters. The van der Waals surface area contributed by atoms with Crippen LogP contribution in [-0.2, 0) is 13.6 Å². The molecule has 2 aromatic carbocycles. The van der Waals surface area contributed by atoms with Crippen molar-refractivity contribution >= 4 is 11.7 Å². The van der Waals surface area contributed by atoms with E-state index < -0.39 is 0 Å². The maximum Gasteiger partial charge on any atom is 0.345 e. The minimum atomic E-state index is -0.387. The van der Waals surface area contributed by atoms with Crippen molar-refractivity contribution in [3.05, 3.63) is 59.0 Å². The van der Waals surface area contributed by atoms with Crippen LogP contribution in [0.5, 0.6) is 11.5 Å². The van der Waals surface area contributed by atoms with E-state index >= 15 is 0 Å². The van der Waals surface area contributed by atoms with Crippen LogP contribution in [-0.4, -0.2) is 40.6 Å². The van der Waals surface area contributed by atoms with Crippen molar-refractivity contribution in [2.45, 2.75) is 13.5 Å². The van der Waals surface area contributed by atoms with Gasteiger partial charge in [-0.3, -0.25) is 4.57 Å². The van der Waals surface area contributed by atoms with Gasteiger partial charge >= 0.3 is 11.7 Å². The number of para-hydroxylation sites is 2. The lowest BCUT2D eigenvalue weighted by Gasteiger charge is -2.11. The molecular weight excluding hydrogens is 386 g/mol. The molecule has 0 bridgehead atoms. The number of hydrogen-bond donors (Lipinski definition) is 2. The van der Waals surface area contributed by atoms with Crippen molar-refractivity contribution in [2.24, 2.45) is 7.05 Å². The molecule has 3 rings (SSSR count). The highest BCUT2D eigenvalue weighted by atomic mass is 16.5. The summed E-state index contributed by atoms with van der Waals surface area (Å²) in [6.07, 6.45) is 0. The predicted octanol–water partition coefficient (Wildman–Crippen LogP) is 2.48. The zero-order valence-electron chi connectivity index (χ0n) is 17.2. The number of anilines is 1. The number of hydrogen-bond acceptors (Lipinski definition) is 5. The van der Waals surface area contributed by atoms with Gasteiger partial charge in [0.2, 0.25) is 0 Å². The average molecular weight is 411 g/mol. The molecule has 158 valence electrons. The maximum absolute atomic E-state index is 12.5. The number of carbonyl (C=O) groups is 1. The molecule has 0 aliphatic heterocycles. The molecule has 9 nitrogen and oxygen atoms in total. The Morgan fingerprint density at radius 1 is 1.13 bits per heavy atom. The van der Waals surface area contributed by atoms with E-state index in [0.717, 1.165) is 11.3 Å². The van der Waals surface area contributed by atoms with Gasteiger partial charge < -0.3 is 20.1 Å². The molecule has 0 spiro atoms. The van der Waals surface area contributed by atoms with Crippen LogP contribution in [0.15, 0.2) is 53.3 Å². The van der Waals surface area contributed by atoms with Crippen LogP contribution in [0.2, 0.25) is 0 Å². The zero-order valence-corrected chi connectivity index (χ0v) is 17.2. The molecule has 0 unspecified atom stereocenters. The molecule has 9 heteroatoms. The molecule has 0 fully saturated rings. The molecule has 2 amide bonds. The smallest absolute Gasteiger partial charge is 0.345 e. The number of ether oxygens (including phenoxy) is 2. The number of rotatable bonds is 8. The Morgan fingerprint density at radius 2 is 1.87 bits per heavy atom. The van der Waals surface area contributed by atoms with Gasteiger partial charge in [0.05, 0.1) is 25.9 Å². The highest BCUT2D eigenvalue weighted by Crippen LogP contribution is 2.23. The van der Waals surface area contributed by atoms with E-state index in [1.54, 1.807) is 26.3 Å². The number of nitrogens with one attached hydrogen (secondary N) is 2. The average Bonchev–Trinajstić information content (AvgIpc) is 3.04. The summed E-state index contributed by atoms with van der Waals surface area (Å²) < 4.78 is 13.4. The number of urea groups is 1. The molecule has 0 radical (unpaired) electrons. The molecule has 0 aliphatic rings. The third kappa shape index (κ3) is 4.80. The molecule has 3 aromatic rings.